The number of pyridine rings is 1. The fraction of sp³-hybridized carbons (Fsp3) is 0.419. The summed E-state index contributed by atoms with van der Waals surface area (Å²) in [5.41, 5.74) is 4.36. The zero-order valence-electron chi connectivity index (χ0n) is 21.7. The van der Waals surface area contributed by atoms with E-state index in [9.17, 15) is 9.90 Å². The van der Waals surface area contributed by atoms with Crippen LogP contribution in [0.1, 0.15) is 48.8 Å². The third-order valence-electron chi connectivity index (χ3n) is 7.49. The van der Waals surface area contributed by atoms with Crippen LogP contribution in [0.4, 0.5) is 0 Å². The molecule has 6 heteroatoms. The van der Waals surface area contributed by atoms with E-state index in [1.54, 1.807) is 7.11 Å². The van der Waals surface area contributed by atoms with Gasteiger partial charge in [0, 0.05) is 35.1 Å². The van der Waals surface area contributed by atoms with E-state index in [0.29, 0.717) is 29.8 Å². The molecule has 2 aromatic carbocycles. The third kappa shape index (κ3) is 7.47. The number of carboxylic acids is 1. The molecule has 2 atom stereocenters. The van der Waals surface area contributed by atoms with Crippen molar-refractivity contribution in [3.63, 3.8) is 0 Å². The van der Waals surface area contributed by atoms with Crippen molar-refractivity contribution in [2.45, 2.75) is 45.4 Å². The largest absolute Gasteiger partial charge is 0.497 e. The van der Waals surface area contributed by atoms with Gasteiger partial charge in [-0.25, -0.2) is 0 Å². The molecule has 3 aromatic rings. The molecular weight excluding hydrogens is 484 g/mol. The van der Waals surface area contributed by atoms with Crippen molar-refractivity contribution in [2.24, 2.45) is 11.8 Å². The number of methoxy groups -OCH3 is 1. The first-order valence-corrected chi connectivity index (χ1v) is 13.4. The summed E-state index contributed by atoms with van der Waals surface area (Å²) >= 11 is 6.13. The second-order valence-electron chi connectivity index (χ2n) is 9.98. The van der Waals surface area contributed by atoms with Gasteiger partial charge >= 0.3 is 5.97 Å². The number of aryl methyl sites for hydroxylation is 2. The number of hydrogen-bond donors (Lipinski definition) is 1. The van der Waals surface area contributed by atoms with E-state index in [2.05, 4.69) is 33.9 Å². The van der Waals surface area contributed by atoms with Gasteiger partial charge in [-0.3, -0.25) is 14.7 Å². The van der Waals surface area contributed by atoms with Crippen LogP contribution in [-0.2, 0) is 11.2 Å². The molecule has 37 heavy (non-hydrogen) atoms. The van der Waals surface area contributed by atoms with Crippen molar-refractivity contribution in [1.29, 1.82) is 0 Å². The maximum absolute atomic E-state index is 11.3. The molecular formula is C31H35ClN2O3. The molecule has 4 rings (SSSR count). The maximum atomic E-state index is 11.3. The van der Waals surface area contributed by atoms with Gasteiger partial charge in [-0.1, -0.05) is 29.5 Å². The molecule has 1 N–H and O–H groups in total. The van der Waals surface area contributed by atoms with Crippen LogP contribution in [-0.4, -0.2) is 47.7 Å². The number of piperidine rings is 1. The third-order valence-corrected chi connectivity index (χ3v) is 7.72. The normalized spacial score (nSPS) is 17.8. The van der Waals surface area contributed by atoms with Crippen molar-refractivity contribution < 1.29 is 14.6 Å². The zero-order chi connectivity index (χ0) is 26.2. The molecule has 0 amide bonds. The van der Waals surface area contributed by atoms with Crippen LogP contribution >= 0.6 is 11.6 Å². The molecule has 5 nitrogen and oxygen atoms in total. The van der Waals surface area contributed by atoms with E-state index in [0.717, 1.165) is 66.6 Å². The Morgan fingerprint density at radius 2 is 2.05 bits per heavy atom. The lowest BCUT2D eigenvalue weighted by Crippen LogP contribution is -2.41. The fourth-order valence-electron chi connectivity index (χ4n) is 5.37. The van der Waals surface area contributed by atoms with Gasteiger partial charge in [-0.2, -0.15) is 0 Å². The lowest BCUT2D eigenvalue weighted by Gasteiger charge is -2.38. The van der Waals surface area contributed by atoms with Crippen LogP contribution in [0.15, 0.2) is 48.7 Å². The van der Waals surface area contributed by atoms with E-state index in [1.807, 2.05) is 43.5 Å². The predicted octanol–water partition coefficient (Wildman–Crippen LogP) is 6.38. The van der Waals surface area contributed by atoms with Crippen LogP contribution in [0.2, 0.25) is 5.02 Å². The standard InChI is InChI=1S/C31H35ClN2O3/c1-22-8-10-27(32)19-25(22)7-4-17-34-18-15-23(26(21-34)9-13-31(35)36)5-3-6-24-14-16-33-30-12-11-28(37-2)20-29(24)30/h8,10-12,14,16,19-20,23,26H,3,5-6,9,13,15,17-18,21H2,1-2H3,(H,35,36)/t23-,26+/m1/s1. The number of likely N-dealkylation sites (tertiary alicyclic amines) is 1. The molecule has 1 fully saturated rings. The number of aromatic nitrogens is 1. The van der Waals surface area contributed by atoms with Gasteiger partial charge in [0.2, 0.25) is 0 Å². The molecule has 194 valence electrons. The van der Waals surface area contributed by atoms with E-state index in [-0.39, 0.29) is 6.42 Å². The number of rotatable bonds is 9. The average Bonchev–Trinajstić information content (AvgIpc) is 2.90. The second kappa shape index (κ2) is 12.9. The highest BCUT2D eigenvalue weighted by Gasteiger charge is 2.29. The van der Waals surface area contributed by atoms with Crippen molar-refractivity contribution in [2.75, 3.05) is 26.7 Å². The van der Waals surface area contributed by atoms with Crippen LogP contribution in [0.25, 0.3) is 10.9 Å². The SMILES string of the molecule is COc1ccc2nccc(CCC[C@@H]3CCN(CC#Cc4cc(Cl)ccc4C)C[C@@H]3CCC(=O)O)c2c1. The highest BCUT2D eigenvalue weighted by Crippen LogP contribution is 2.32. The number of nitrogens with zero attached hydrogens (tertiary/aromatic N) is 2. The van der Waals surface area contributed by atoms with Crippen molar-refractivity contribution in [1.82, 2.24) is 9.88 Å². The smallest absolute Gasteiger partial charge is 0.303 e. The highest BCUT2D eigenvalue weighted by molar-refractivity contribution is 6.30. The summed E-state index contributed by atoms with van der Waals surface area (Å²) in [6.45, 7) is 4.62. The maximum Gasteiger partial charge on any atom is 0.303 e. The number of halogens is 1. The van der Waals surface area contributed by atoms with Gasteiger partial charge in [-0.05, 0) is 105 Å². The van der Waals surface area contributed by atoms with Gasteiger partial charge in [-0.15, -0.1) is 0 Å². The first kappa shape index (κ1) is 27.0. The van der Waals surface area contributed by atoms with Gasteiger partial charge in [0.1, 0.15) is 5.75 Å². The van der Waals surface area contributed by atoms with E-state index in [4.69, 9.17) is 16.3 Å². The number of ether oxygens (including phenoxy) is 1. The molecule has 0 saturated carbocycles. The Kier molecular flexibility index (Phi) is 9.44. The van der Waals surface area contributed by atoms with Crippen LogP contribution in [0, 0.1) is 30.6 Å². The quantitative estimate of drug-likeness (QED) is 0.333. The Labute approximate surface area is 224 Å². The van der Waals surface area contributed by atoms with Gasteiger partial charge in [0.25, 0.3) is 0 Å². The van der Waals surface area contributed by atoms with Crippen LogP contribution in [0.5, 0.6) is 5.75 Å². The fourth-order valence-corrected chi connectivity index (χ4v) is 5.55. The first-order valence-electron chi connectivity index (χ1n) is 13.0. The number of benzene rings is 2. The van der Waals surface area contributed by atoms with Gasteiger partial charge < -0.3 is 9.84 Å². The molecule has 1 aromatic heterocycles. The minimum Gasteiger partial charge on any atom is -0.497 e. The van der Waals surface area contributed by atoms with E-state index in [1.165, 1.54) is 5.56 Å². The zero-order valence-corrected chi connectivity index (χ0v) is 22.4. The summed E-state index contributed by atoms with van der Waals surface area (Å²) in [6.07, 6.45) is 7.03. The monoisotopic (exact) mass is 518 g/mol. The molecule has 0 aliphatic carbocycles. The highest BCUT2D eigenvalue weighted by atomic mass is 35.5. The van der Waals surface area contributed by atoms with E-state index >= 15 is 0 Å². The van der Waals surface area contributed by atoms with Crippen molar-refractivity contribution >= 4 is 28.5 Å². The van der Waals surface area contributed by atoms with E-state index < -0.39 is 5.97 Å². The predicted molar refractivity (Wildman–Crippen MR) is 149 cm³/mol. The minimum atomic E-state index is -0.718. The minimum absolute atomic E-state index is 0.219. The van der Waals surface area contributed by atoms with Crippen LogP contribution < -0.4 is 4.74 Å². The summed E-state index contributed by atoms with van der Waals surface area (Å²) in [6, 6.07) is 13.9. The second-order valence-corrected chi connectivity index (χ2v) is 10.4. The molecule has 0 spiro atoms. The lowest BCUT2D eigenvalue weighted by molar-refractivity contribution is -0.137. The first-order chi connectivity index (χ1) is 17.9. The number of aliphatic carboxylic acids is 1. The number of hydrogen-bond acceptors (Lipinski definition) is 4. The Hall–Kier alpha value is -3.07. The summed E-state index contributed by atoms with van der Waals surface area (Å²) in [7, 11) is 1.69. The van der Waals surface area contributed by atoms with Gasteiger partial charge in [0.05, 0.1) is 19.2 Å². The number of carboxylic acid groups (broad SMARTS) is 1. The summed E-state index contributed by atoms with van der Waals surface area (Å²) in [5, 5.41) is 11.2. The summed E-state index contributed by atoms with van der Waals surface area (Å²) in [5.74, 6) is 7.61. The topological polar surface area (TPSA) is 62.7 Å². The number of fused-ring (bicyclic) bond motifs is 1. The summed E-state index contributed by atoms with van der Waals surface area (Å²) in [4.78, 5) is 18.2. The molecule has 1 aliphatic rings. The van der Waals surface area contributed by atoms with Crippen molar-refractivity contribution in [3.8, 4) is 17.6 Å². The Balaban J connectivity index is 1.37. The Morgan fingerprint density at radius 3 is 2.86 bits per heavy atom. The van der Waals surface area contributed by atoms with Gasteiger partial charge in [0.15, 0.2) is 0 Å². The molecule has 1 aliphatic heterocycles. The Morgan fingerprint density at radius 1 is 1.19 bits per heavy atom. The number of carbonyl (C=O) groups is 1. The van der Waals surface area contributed by atoms with Crippen LogP contribution in [0.3, 0.4) is 0 Å². The molecule has 0 bridgehead atoms. The molecule has 0 radical (unpaired) electrons. The average molecular weight is 519 g/mol. The lowest BCUT2D eigenvalue weighted by atomic mass is 9.79. The Bertz CT molecular complexity index is 1300. The summed E-state index contributed by atoms with van der Waals surface area (Å²) < 4.78 is 5.42. The molecule has 2 heterocycles. The molecule has 1 saturated heterocycles. The van der Waals surface area contributed by atoms with Crippen molar-refractivity contribution in [3.05, 3.63) is 70.4 Å². The molecule has 0 unspecified atom stereocenters.